The quantitative estimate of drug-likeness (QED) is 0.148. The van der Waals surface area contributed by atoms with E-state index in [1.165, 1.54) is 32.6 Å². The number of aromatic nitrogens is 2. The molecule has 7 heteroatoms. The lowest BCUT2D eigenvalue weighted by Crippen LogP contribution is -2.33. The molecular formula is C35H37N3O3P+. The minimum absolute atomic E-state index is 0.104. The summed E-state index contributed by atoms with van der Waals surface area (Å²) in [5.74, 6) is -0.104. The second-order valence-electron chi connectivity index (χ2n) is 11.1. The number of benzene rings is 4. The highest BCUT2D eigenvalue weighted by molar-refractivity contribution is 7.95. The van der Waals surface area contributed by atoms with E-state index >= 15 is 0 Å². The van der Waals surface area contributed by atoms with E-state index in [0.717, 1.165) is 25.4 Å². The molecule has 0 saturated heterocycles. The highest BCUT2D eigenvalue weighted by Gasteiger charge is 2.44. The Balaban J connectivity index is 1.32. The molecule has 1 amide bonds. The van der Waals surface area contributed by atoms with Gasteiger partial charge in [0, 0.05) is 12.1 Å². The largest absolute Gasteiger partial charge is 0.326 e. The average molecular weight is 579 g/mol. The van der Waals surface area contributed by atoms with Crippen molar-refractivity contribution in [3.8, 4) is 0 Å². The molecular weight excluding hydrogens is 541 g/mol. The number of hydrogen-bond acceptors (Lipinski definition) is 3. The average Bonchev–Trinajstić information content (AvgIpc) is 2.99. The lowest BCUT2D eigenvalue weighted by Gasteiger charge is -2.28. The zero-order valence-electron chi connectivity index (χ0n) is 24.4. The van der Waals surface area contributed by atoms with Crippen LogP contribution in [0.4, 0.5) is 5.69 Å². The maximum Gasteiger partial charge on any atom is 0.270 e. The number of hydrogen-bond donors (Lipinski definition) is 3. The summed E-state index contributed by atoms with van der Waals surface area (Å²) < 4.78 is 0. The van der Waals surface area contributed by atoms with E-state index < -0.39 is 12.8 Å². The molecule has 0 aliphatic carbocycles. The monoisotopic (exact) mass is 578 g/mol. The van der Waals surface area contributed by atoms with E-state index in [1.54, 1.807) is 18.2 Å². The van der Waals surface area contributed by atoms with Crippen LogP contribution in [0.25, 0.3) is 10.8 Å². The van der Waals surface area contributed by atoms with Gasteiger partial charge < -0.3 is 5.32 Å². The fourth-order valence-corrected chi connectivity index (χ4v) is 9.86. The first-order valence-electron chi connectivity index (χ1n) is 14.4. The van der Waals surface area contributed by atoms with Crippen LogP contribution in [0.1, 0.15) is 42.4 Å². The highest BCUT2D eigenvalue weighted by atomic mass is 31.2. The zero-order chi connectivity index (χ0) is 29.7. The second-order valence-corrected chi connectivity index (χ2v) is 14.7. The number of aromatic amines is 2. The molecule has 5 rings (SSSR count). The van der Waals surface area contributed by atoms with Crippen molar-refractivity contribution < 1.29 is 4.79 Å². The standard InChI is InChI=1S/C35H36N3O3P/c1-24-8-15-28(16-9-24)42(29-17-10-25(2)11-18-29,30-19-12-26(3)13-20-30)22-6-4-5-7-33(39)36-27-14-21-31-32(23-27)35(41)38-37-34(31)40/h8-21,23H,4-7,22H2,1-3H3,(H2-,36,37,38,39,40,41)/p+1. The van der Waals surface area contributed by atoms with Crippen molar-refractivity contribution in [1.29, 1.82) is 0 Å². The van der Waals surface area contributed by atoms with Crippen LogP contribution in [0.2, 0.25) is 0 Å². The molecule has 0 atom stereocenters. The molecule has 4 aromatic carbocycles. The number of nitrogens with one attached hydrogen (secondary N) is 3. The molecule has 0 aliphatic rings. The van der Waals surface area contributed by atoms with Gasteiger partial charge >= 0.3 is 0 Å². The Kier molecular flexibility index (Phi) is 8.84. The number of amides is 1. The molecule has 0 radical (unpaired) electrons. The summed E-state index contributed by atoms with van der Waals surface area (Å²) in [7, 11) is -1.92. The highest BCUT2D eigenvalue weighted by Crippen LogP contribution is 2.56. The molecule has 3 N–H and O–H groups in total. The summed E-state index contributed by atoms with van der Waals surface area (Å²) in [6.45, 7) is 6.38. The van der Waals surface area contributed by atoms with Crippen LogP contribution in [0.15, 0.2) is 101 Å². The van der Waals surface area contributed by atoms with Crippen molar-refractivity contribution >= 4 is 45.5 Å². The fourth-order valence-electron chi connectivity index (χ4n) is 5.52. The van der Waals surface area contributed by atoms with Crippen molar-refractivity contribution in [3.05, 3.63) is 128 Å². The number of H-pyrrole nitrogens is 2. The predicted octanol–water partition coefficient (Wildman–Crippen LogP) is 5.63. The normalized spacial score (nSPS) is 11.5. The molecule has 0 aliphatic heterocycles. The summed E-state index contributed by atoms with van der Waals surface area (Å²) in [5, 5.41) is 12.2. The van der Waals surface area contributed by atoms with Crippen LogP contribution in [-0.2, 0) is 4.79 Å². The molecule has 1 heterocycles. The molecule has 42 heavy (non-hydrogen) atoms. The van der Waals surface area contributed by atoms with E-state index in [9.17, 15) is 14.4 Å². The Morgan fingerprint density at radius 3 is 1.60 bits per heavy atom. The van der Waals surface area contributed by atoms with E-state index in [1.807, 2.05) is 0 Å². The van der Waals surface area contributed by atoms with Gasteiger partial charge in [0.1, 0.15) is 23.2 Å². The lowest BCUT2D eigenvalue weighted by atomic mass is 10.1. The number of aryl methyl sites for hydroxylation is 3. The minimum Gasteiger partial charge on any atom is -0.326 e. The Bertz CT molecular complexity index is 1690. The van der Waals surface area contributed by atoms with Gasteiger partial charge in [-0.1, -0.05) is 53.1 Å². The summed E-state index contributed by atoms with van der Waals surface area (Å²) in [6, 6.07) is 31.9. The Morgan fingerprint density at radius 1 is 0.619 bits per heavy atom. The number of unbranched alkanes of at least 4 members (excludes halogenated alkanes) is 2. The third kappa shape index (κ3) is 6.29. The van der Waals surface area contributed by atoms with Crippen molar-refractivity contribution in [2.75, 3.05) is 11.5 Å². The van der Waals surface area contributed by atoms with Gasteiger partial charge in [-0.3, -0.25) is 24.6 Å². The predicted molar refractivity (Wildman–Crippen MR) is 177 cm³/mol. The number of fused-ring (bicyclic) bond motifs is 1. The van der Waals surface area contributed by atoms with Gasteiger partial charge in [0.05, 0.1) is 16.9 Å². The third-order valence-electron chi connectivity index (χ3n) is 7.90. The van der Waals surface area contributed by atoms with Crippen molar-refractivity contribution in [2.24, 2.45) is 0 Å². The first-order valence-corrected chi connectivity index (χ1v) is 16.4. The van der Waals surface area contributed by atoms with Gasteiger partial charge in [-0.05, 0) is 94.6 Å². The smallest absolute Gasteiger partial charge is 0.270 e. The SMILES string of the molecule is Cc1ccc([P+](CCCCCC(=O)Nc2ccc3c(=O)[nH][nH]c(=O)c3c2)(c2ccc(C)cc2)c2ccc(C)cc2)cc1. The van der Waals surface area contributed by atoms with Crippen LogP contribution in [0, 0.1) is 20.8 Å². The molecule has 0 fully saturated rings. The molecule has 0 saturated carbocycles. The number of carbonyl (C=O) groups excluding carboxylic acids is 1. The van der Waals surface area contributed by atoms with Gasteiger partial charge in [0.2, 0.25) is 5.91 Å². The summed E-state index contributed by atoms with van der Waals surface area (Å²) >= 11 is 0. The first kappa shape index (κ1) is 29.2. The second kappa shape index (κ2) is 12.7. The molecule has 0 spiro atoms. The molecule has 1 aromatic heterocycles. The van der Waals surface area contributed by atoms with Gasteiger partial charge in [0.15, 0.2) is 0 Å². The third-order valence-corrected chi connectivity index (χ3v) is 12.4. The maximum absolute atomic E-state index is 12.8. The molecule has 214 valence electrons. The van der Waals surface area contributed by atoms with Crippen molar-refractivity contribution in [1.82, 2.24) is 10.2 Å². The van der Waals surface area contributed by atoms with Gasteiger partial charge in [0.25, 0.3) is 11.1 Å². The van der Waals surface area contributed by atoms with E-state index in [0.29, 0.717) is 17.5 Å². The Hall–Kier alpha value is -4.28. The molecule has 6 nitrogen and oxygen atoms in total. The van der Waals surface area contributed by atoms with E-state index in [2.05, 4.69) is 109 Å². The fraction of sp³-hybridized carbons (Fsp3) is 0.229. The number of carbonyl (C=O) groups is 1. The topological polar surface area (TPSA) is 94.8 Å². The van der Waals surface area contributed by atoms with E-state index in [-0.39, 0.29) is 16.9 Å². The Labute approximate surface area is 246 Å². The van der Waals surface area contributed by atoms with Crippen LogP contribution in [0.3, 0.4) is 0 Å². The van der Waals surface area contributed by atoms with Crippen molar-refractivity contribution in [3.63, 3.8) is 0 Å². The minimum atomic E-state index is -1.92. The Morgan fingerprint density at radius 2 is 1.10 bits per heavy atom. The number of anilines is 1. The molecule has 5 aromatic rings. The van der Waals surface area contributed by atoms with Crippen LogP contribution in [-0.4, -0.2) is 22.3 Å². The van der Waals surface area contributed by atoms with Gasteiger partial charge in [-0.15, -0.1) is 0 Å². The van der Waals surface area contributed by atoms with E-state index in [4.69, 9.17) is 0 Å². The van der Waals surface area contributed by atoms with Gasteiger partial charge in [-0.25, -0.2) is 0 Å². The summed E-state index contributed by atoms with van der Waals surface area (Å²) in [4.78, 5) is 36.8. The van der Waals surface area contributed by atoms with Crippen molar-refractivity contribution in [2.45, 2.75) is 46.5 Å². The molecule has 0 unspecified atom stereocenters. The van der Waals surface area contributed by atoms with Crippen LogP contribution < -0.4 is 32.3 Å². The summed E-state index contributed by atoms with van der Waals surface area (Å²) in [6.07, 6.45) is 4.08. The zero-order valence-corrected chi connectivity index (χ0v) is 25.3. The first-order chi connectivity index (χ1) is 20.3. The van der Waals surface area contributed by atoms with Gasteiger partial charge in [-0.2, -0.15) is 0 Å². The maximum atomic E-state index is 12.8. The summed E-state index contributed by atoms with van der Waals surface area (Å²) in [5.41, 5.74) is 3.48. The van der Waals surface area contributed by atoms with Crippen LogP contribution >= 0.6 is 7.26 Å². The molecule has 0 bridgehead atoms. The lowest BCUT2D eigenvalue weighted by molar-refractivity contribution is -0.116. The van der Waals surface area contributed by atoms with Crippen LogP contribution in [0.5, 0.6) is 0 Å². The number of rotatable bonds is 10.